The molecule has 1 heterocycles. The summed E-state index contributed by atoms with van der Waals surface area (Å²) in [6, 6.07) is 14.0. The van der Waals surface area contributed by atoms with Crippen molar-refractivity contribution < 1.29 is 18.6 Å². The second kappa shape index (κ2) is 9.23. The molecule has 0 saturated heterocycles. The molecule has 3 aromatic rings. The Hall–Kier alpha value is -3.06. The largest absolute Gasteiger partial charge is 0.352 e. The Morgan fingerprint density at radius 2 is 1.82 bits per heavy atom. The summed E-state index contributed by atoms with van der Waals surface area (Å²) in [7, 11) is 4.19. The van der Waals surface area contributed by atoms with E-state index >= 15 is 0 Å². The van der Waals surface area contributed by atoms with Gasteiger partial charge in [-0.3, -0.25) is 4.79 Å². The Balaban J connectivity index is 1.51. The molecule has 146 valence electrons. The zero-order valence-corrected chi connectivity index (χ0v) is 16.0. The van der Waals surface area contributed by atoms with Crippen molar-refractivity contribution in [3.63, 3.8) is 0 Å². The fourth-order valence-electron chi connectivity index (χ4n) is 2.86. The molecule has 0 unspecified atom stereocenters. The number of hydrogen-bond donors (Lipinski definition) is 2. The first-order valence-electron chi connectivity index (χ1n) is 9.22. The first-order valence-corrected chi connectivity index (χ1v) is 9.22. The van der Waals surface area contributed by atoms with Gasteiger partial charge in [0.05, 0.1) is 14.1 Å². The van der Waals surface area contributed by atoms with Crippen molar-refractivity contribution in [2.24, 2.45) is 0 Å². The zero-order valence-electron chi connectivity index (χ0n) is 16.0. The number of halogens is 1. The maximum atomic E-state index is 13.0. The normalized spacial score (nSPS) is 11.0. The number of rotatable bonds is 8. The third-order valence-corrected chi connectivity index (χ3v) is 4.27. The standard InChI is InChI=1S/C21H23FN4O2/c1-26(2)14-17-6-4-3-5-16(17)13-23-19(27)11-12-20-24-21(25-28-20)15-7-9-18(22)10-8-15/h3-10H,11-14H2,1-2H3,(H,23,27)/p+1. The van der Waals surface area contributed by atoms with Crippen molar-refractivity contribution in [3.05, 3.63) is 71.4 Å². The van der Waals surface area contributed by atoms with Crippen molar-refractivity contribution in [1.82, 2.24) is 15.5 Å². The van der Waals surface area contributed by atoms with Gasteiger partial charge in [0.15, 0.2) is 0 Å². The third kappa shape index (κ3) is 5.47. The van der Waals surface area contributed by atoms with E-state index in [1.807, 2.05) is 18.2 Å². The highest BCUT2D eigenvalue weighted by atomic mass is 19.1. The van der Waals surface area contributed by atoms with Gasteiger partial charge in [0.25, 0.3) is 0 Å². The molecule has 0 aliphatic rings. The number of aromatic nitrogens is 2. The van der Waals surface area contributed by atoms with Crippen LogP contribution in [0.1, 0.15) is 23.4 Å². The molecule has 7 heteroatoms. The molecule has 0 aliphatic carbocycles. The lowest BCUT2D eigenvalue weighted by atomic mass is 10.1. The number of carbonyl (C=O) groups excluding carboxylic acids is 1. The molecule has 6 nitrogen and oxygen atoms in total. The Labute approximate surface area is 163 Å². The Bertz CT molecular complexity index is 922. The monoisotopic (exact) mass is 383 g/mol. The number of nitrogens with one attached hydrogen (secondary N) is 2. The minimum Gasteiger partial charge on any atom is -0.352 e. The fraction of sp³-hybridized carbons (Fsp3) is 0.286. The average Bonchev–Trinajstić information content (AvgIpc) is 3.15. The minimum absolute atomic E-state index is 0.0754. The van der Waals surface area contributed by atoms with Crippen LogP contribution < -0.4 is 10.2 Å². The van der Waals surface area contributed by atoms with E-state index in [4.69, 9.17) is 4.52 Å². The number of quaternary nitrogens is 1. The van der Waals surface area contributed by atoms with Gasteiger partial charge in [0.1, 0.15) is 12.4 Å². The molecule has 0 aliphatic heterocycles. The van der Waals surface area contributed by atoms with Gasteiger partial charge in [-0.15, -0.1) is 0 Å². The van der Waals surface area contributed by atoms with E-state index in [9.17, 15) is 9.18 Å². The molecule has 0 saturated carbocycles. The maximum Gasteiger partial charge on any atom is 0.227 e. The lowest BCUT2D eigenvalue weighted by Gasteiger charge is -2.12. The van der Waals surface area contributed by atoms with E-state index in [2.05, 4.69) is 35.6 Å². The molecular formula is C21H24FN4O2+. The van der Waals surface area contributed by atoms with Gasteiger partial charge in [-0.25, -0.2) is 4.39 Å². The summed E-state index contributed by atoms with van der Waals surface area (Å²) >= 11 is 0. The van der Waals surface area contributed by atoms with Crippen molar-refractivity contribution in [2.75, 3.05) is 14.1 Å². The van der Waals surface area contributed by atoms with Crippen molar-refractivity contribution >= 4 is 5.91 Å². The topological polar surface area (TPSA) is 72.5 Å². The van der Waals surface area contributed by atoms with E-state index in [1.54, 1.807) is 12.1 Å². The Morgan fingerprint density at radius 3 is 2.54 bits per heavy atom. The third-order valence-electron chi connectivity index (χ3n) is 4.27. The molecule has 0 spiro atoms. The number of aryl methyl sites for hydroxylation is 1. The van der Waals surface area contributed by atoms with E-state index in [0.29, 0.717) is 30.2 Å². The smallest absolute Gasteiger partial charge is 0.227 e. The predicted molar refractivity (Wildman–Crippen MR) is 103 cm³/mol. The average molecular weight is 383 g/mol. The van der Waals surface area contributed by atoms with Crippen LogP contribution >= 0.6 is 0 Å². The van der Waals surface area contributed by atoms with Gasteiger partial charge in [-0.05, 0) is 29.8 Å². The number of hydrogen-bond acceptors (Lipinski definition) is 4. The quantitative estimate of drug-likeness (QED) is 0.622. The highest BCUT2D eigenvalue weighted by Gasteiger charge is 2.12. The molecule has 1 amide bonds. The van der Waals surface area contributed by atoms with Gasteiger partial charge in [0.2, 0.25) is 17.6 Å². The molecule has 2 N–H and O–H groups in total. The van der Waals surface area contributed by atoms with Gasteiger partial charge in [0, 0.05) is 30.5 Å². The molecular weight excluding hydrogens is 359 g/mol. The first-order chi connectivity index (χ1) is 13.5. The molecule has 0 atom stereocenters. The molecule has 0 fully saturated rings. The Kier molecular flexibility index (Phi) is 6.49. The molecule has 0 radical (unpaired) electrons. The lowest BCUT2D eigenvalue weighted by Crippen LogP contribution is -3.04. The summed E-state index contributed by atoms with van der Waals surface area (Å²) < 4.78 is 18.2. The first kappa shape index (κ1) is 19.7. The number of carbonyl (C=O) groups is 1. The fourth-order valence-corrected chi connectivity index (χ4v) is 2.86. The highest BCUT2D eigenvalue weighted by molar-refractivity contribution is 5.76. The van der Waals surface area contributed by atoms with Gasteiger partial charge in [-0.2, -0.15) is 4.98 Å². The summed E-state index contributed by atoms with van der Waals surface area (Å²) in [5.74, 6) is 0.368. The summed E-state index contributed by atoms with van der Waals surface area (Å²) in [5.41, 5.74) is 3.01. The predicted octanol–water partition coefficient (Wildman–Crippen LogP) is 1.77. The molecule has 28 heavy (non-hydrogen) atoms. The van der Waals surface area contributed by atoms with Crippen LogP contribution in [0.4, 0.5) is 4.39 Å². The second-order valence-corrected chi connectivity index (χ2v) is 6.95. The number of amides is 1. The van der Waals surface area contributed by atoms with E-state index in [1.165, 1.54) is 22.6 Å². The van der Waals surface area contributed by atoms with Crippen LogP contribution in [0.5, 0.6) is 0 Å². The molecule has 0 bridgehead atoms. The van der Waals surface area contributed by atoms with Crippen LogP contribution in [0.2, 0.25) is 0 Å². The molecule has 1 aromatic heterocycles. The highest BCUT2D eigenvalue weighted by Crippen LogP contribution is 2.16. The van der Waals surface area contributed by atoms with Crippen LogP contribution in [-0.2, 0) is 24.3 Å². The van der Waals surface area contributed by atoms with Crippen LogP contribution in [0.15, 0.2) is 53.1 Å². The Morgan fingerprint density at radius 1 is 1.11 bits per heavy atom. The van der Waals surface area contributed by atoms with Crippen LogP contribution in [0.3, 0.4) is 0 Å². The van der Waals surface area contributed by atoms with E-state index < -0.39 is 0 Å². The second-order valence-electron chi connectivity index (χ2n) is 6.95. The summed E-state index contributed by atoms with van der Waals surface area (Å²) in [6.45, 7) is 1.40. The summed E-state index contributed by atoms with van der Waals surface area (Å²) in [5, 5.41) is 6.83. The van der Waals surface area contributed by atoms with Gasteiger partial charge >= 0.3 is 0 Å². The van der Waals surface area contributed by atoms with Crippen LogP contribution in [0, 0.1) is 5.82 Å². The van der Waals surface area contributed by atoms with Crippen molar-refractivity contribution in [1.29, 1.82) is 0 Å². The zero-order chi connectivity index (χ0) is 19.9. The maximum absolute atomic E-state index is 13.0. The lowest BCUT2D eigenvalue weighted by molar-refractivity contribution is -0.872. The summed E-state index contributed by atoms with van der Waals surface area (Å²) in [4.78, 5) is 17.8. The molecule has 2 aromatic carbocycles. The van der Waals surface area contributed by atoms with E-state index in [0.717, 1.165) is 12.1 Å². The van der Waals surface area contributed by atoms with E-state index in [-0.39, 0.29) is 18.1 Å². The number of nitrogens with zero attached hydrogens (tertiary/aromatic N) is 2. The van der Waals surface area contributed by atoms with Gasteiger partial charge in [-0.1, -0.05) is 29.4 Å². The van der Waals surface area contributed by atoms with Crippen LogP contribution in [0.25, 0.3) is 11.4 Å². The van der Waals surface area contributed by atoms with Crippen molar-refractivity contribution in [2.45, 2.75) is 25.9 Å². The SMILES string of the molecule is C[NH+](C)Cc1ccccc1CNC(=O)CCc1nc(-c2ccc(F)cc2)no1. The minimum atomic E-state index is -0.322. The van der Waals surface area contributed by atoms with Crippen LogP contribution in [-0.4, -0.2) is 30.1 Å². The van der Waals surface area contributed by atoms with Gasteiger partial charge < -0.3 is 14.7 Å². The molecule has 3 rings (SSSR count). The number of benzene rings is 2. The van der Waals surface area contributed by atoms with Crippen molar-refractivity contribution in [3.8, 4) is 11.4 Å². The summed E-state index contributed by atoms with van der Waals surface area (Å²) in [6.07, 6.45) is 0.607.